The number of pyridine rings is 1. The van der Waals surface area contributed by atoms with Crippen LogP contribution in [0.25, 0.3) is 0 Å². The van der Waals surface area contributed by atoms with Crippen LogP contribution in [0.15, 0.2) is 30.6 Å². The lowest BCUT2D eigenvalue weighted by molar-refractivity contribution is -0.686. The molecule has 1 aromatic rings. The Bertz CT molecular complexity index is 467. The molecule has 0 atom stereocenters. The van der Waals surface area contributed by atoms with Crippen molar-refractivity contribution in [2.24, 2.45) is 0 Å². The standard InChI is InChI=1S/C25H44NO2.ClH/c1-2-3-4-5-6-7-8-9-10-11-12-13-14-15-16-20-23-28-25(27)24-26-21-18-17-19-22-26;/h17-19,21-22H,2-16,20,23-24H2,1H3;1H/q+1;/p-1. The van der Waals surface area contributed by atoms with E-state index in [2.05, 4.69) is 6.92 Å². The number of esters is 1. The summed E-state index contributed by atoms with van der Waals surface area (Å²) in [6, 6.07) is 5.78. The fraction of sp³-hybridized carbons (Fsp3) is 0.760. The predicted octanol–water partition coefficient (Wildman–Crippen LogP) is 3.78. The molecular formula is C25H44ClNO2. The number of ether oxygens (including phenoxy) is 1. The number of unbranched alkanes of at least 4 members (excludes halogenated alkanes) is 15. The second-order valence-electron chi connectivity index (χ2n) is 8.07. The number of carbonyl (C=O) groups is 1. The van der Waals surface area contributed by atoms with Crippen molar-refractivity contribution in [1.82, 2.24) is 0 Å². The highest BCUT2D eigenvalue weighted by Gasteiger charge is 2.09. The predicted molar refractivity (Wildman–Crippen MR) is 117 cm³/mol. The molecule has 168 valence electrons. The van der Waals surface area contributed by atoms with E-state index in [4.69, 9.17) is 4.74 Å². The van der Waals surface area contributed by atoms with Gasteiger partial charge in [0.1, 0.15) is 0 Å². The van der Waals surface area contributed by atoms with Gasteiger partial charge in [0.2, 0.25) is 6.54 Å². The van der Waals surface area contributed by atoms with Crippen LogP contribution in [-0.4, -0.2) is 12.6 Å². The minimum Gasteiger partial charge on any atom is -1.00 e. The van der Waals surface area contributed by atoms with Crippen molar-refractivity contribution >= 4 is 5.97 Å². The lowest BCUT2D eigenvalue weighted by Crippen LogP contribution is -3.00. The van der Waals surface area contributed by atoms with Crippen molar-refractivity contribution in [1.29, 1.82) is 0 Å². The minimum atomic E-state index is -0.142. The molecule has 0 fully saturated rings. The Hall–Kier alpha value is -1.09. The highest BCUT2D eigenvalue weighted by atomic mass is 35.5. The van der Waals surface area contributed by atoms with Gasteiger partial charge in [0.25, 0.3) is 0 Å². The molecule has 0 unspecified atom stereocenters. The zero-order chi connectivity index (χ0) is 20.1. The Kier molecular flexibility index (Phi) is 20.8. The molecule has 0 bridgehead atoms. The molecule has 4 heteroatoms. The zero-order valence-corrected chi connectivity index (χ0v) is 19.5. The number of carbonyl (C=O) groups excluding carboxylic acids is 1. The molecule has 1 rings (SSSR count). The lowest BCUT2D eigenvalue weighted by Gasteiger charge is -2.04. The molecule has 0 amide bonds. The van der Waals surface area contributed by atoms with Crippen LogP contribution in [-0.2, 0) is 16.1 Å². The third kappa shape index (κ3) is 18.7. The van der Waals surface area contributed by atoms with E-state index in [1.165, 1.54) is 96.3 Å². The molecule has 0 aliphatic carbocycles. The second-order valence-corrected chi connectivity index (χ2v) is 8.07. The van der Waals surface area contributed by atoms with Crippen LogP contribution in [0, 0.1) is 0 Å². The van der Waals surface area contributed by atoms with Crippen molar-refractivity contribution in [3.63, 3.8) is 0 Å². The Labute approximate surface area is 186 Å². The fourth-order valence-electron chi connectivity index (χ4n) is 3.57. The van der Waals surface area contributed by atoms with Gasteiger partial charge in [-0.3, -0.25) is 0 Å². The number of hydrogen-bond acceptors (Lipinski definition) is 2. The quantitative estimate of drug-likeness (QED) is 0.192. The fourth-order valence-corrected chi connectivity index (χ4v) is 3.57. The number of aromatic nitrogens is 1. The van der Waals surface area contributed by atoms with Crippen LogP contribution in [0.4, 0.5) is 0 Å². The highest BCUT2D eigenvalue weighted by Crippen LogP contribution is 2.13. The van der Waals surface area contributed by atoms with E-state index in [9.17, 15) is 4.79 Å². The van der Waals surface area contributed by atoms with Gasteiger partial charge in [0.05, 0.1) is 6.61 Å². The van der Waals surface area contributed by atoms with E-state index in [1.807, 2.05) is 35.2 Å². The smallest absolute Gasteiger partial charge is 0.372 e. The van der Waals surface area contributed by atoms with Crippen LogP contribution in [0.1, 0.15) is 110 Å². The maximum atomic E-state index is 11.7. The average Bonchev–Trinajstić information content (AvgIpc) is 2.71. The first-order chi connectivity index (χ1) is 13.8. The summed E-state index contributed by atoms with van der Waals surface area (Å²) in [6.07, 6.45) is 25.5. The summed E-state index contributed by atoms with van der Waals surface area (Å²) in [5.41, 5.74) is 0. The SMILES string of the molecule is CCCCCCCCCCCCCCCCCCOC(=O)C[n+]1ccccc1.[Cl-]. The molecule has 0 aliphatic heterocycles. The molecule has 0 aliphatic rings. The topological polar surface area (TPSA) is 30.2 Å². The molecule has 0 aromatic carbocycles. The van der Waals surface area contributed by atoms with E-state index >= 15 is 0 Å². The largest absolute Gasteiger partial charge is 1.00 e. The van der Waals surface area contributed by atoms with Crippen LogP contribution in [0.3, 0.4) is 0 Å². The number of nitrogens with zero attached hydrogens (tertiary/aromatic N) is 1. The molecule has 3 nitrogen and oxygen atoms in total. The summed E-state index contributed by atoms with van der Waals surface area (Å²) >= 11 is 0. The summed E-state index contributed by atoms with van der Waals surface area (Å²) < 4.78 is 7.15. The molecule has 1 heterocycles. The molecule has 0 radical (unpaired) electrons. The van der Waals surface area contributed by atoms with E-state index in [0.717, 1.165) is 6.42 Å². The van der Waals surface area contributed by atoms with Gasteiger partial charge in [-0.15, -0.1) is 0 Å². The molecule has 29 heavy (non-hydrogen) atoms. The minimum absolute atomic E-state index is 0. The van der Waals surface area contributed by atoms with Crippen molar-refractivity contribution in [3.8, 4) is 0 Å². The van der Waals surface area contributed by atoms with Gasteiger partial charge < -0.3 is 17.1 Å². The first-order valence-electron chi connectivity index (χ1n) is 11.9. The maximum Gasteiger partial charge on any atom is 0.372 e. The van der Waals surface area contributed by atoms with Gasteiger partial charge in [-0.05, 0) is 6.42 Å². The Balaban J connectivity index is 0.00000784. The number of rotatable bonds is 19. The van der Waals surface area contributed by atoms with Crippen LogP contribution in [0.5, 0.6) is 0 Å². The molecule has 0 saturated carbocycles. The van der Waals surface area contributed by atoms with Crippen molar-refractivity contribution in [2.45, 2.75) is 116 Å². The monoisotopic (exact) mass is 425 g/mol. The Morgan fingerprint density at radius 1 is 0.655 bits per heavy atom. The Morgan fingerprint density at radius 2 is 1.07 bits per heavy atom. The van der Waals surface area contributed by atoms with Crippen molar-refractivity contribution in [2.75, 3.05) is 6.61 Å². The van der Waals surface area contributed by atoms with Crippen LogP contribution < -0.4 is 17.0 Å². The molecular weight excluding hydrogens is 382 g/mol. The van der Waals surface area contributed by atoms with Crippen LogP contribution >= 0.6 is 0 Å². The van der Waals surface area contributed by atoms with E-state index in [-0.39, 0.29) is 18.4 Å². The number of hydrogen-bond donors (Lipinski definition) is 0. The number of halogens is 1. The third-order valence-electron chi connectivity index (χ3n) is 5.35. The summed E-state index contributed by atoms with van der Waals surface area (Å²) in [7, 11) is 0. The lowest BCUT2D eigenvalue weighted by atomic mass is 10.0. The van der Waals surface area contributed by atoms with E-state index in [1.54, 1.807) is 0 Å². The second kappa shape index (κ2) is 21.6. The van der Waals surface area contributed by atoms with Gasteiger partial charge in [0, 0.05) is 12.1 Å². The van der Waals surface area contributed by atoms with Crippen molar-refractivity contribution in [3.05, 3.63) is 30.6 Å². The molecule has 0 saturated heterocycles. The van der Waals surface area contributed by atoms with Gasteiger partial charge >= 0.3 is 5.97 Å². The first kappa shape index (κ1) is 27.9. The van der Waals surface area contributed by atoms with Gasteiger partial charge in [-0.25, -0.2) is 4.79 Å². The summed E-state index contributed by atoms with van der Waals surface area (Å²) in [4.78, 5) is 11.7. The van der Waals surface area contributed by atoms with Gasteiger partial charge in [-0.2, -0.15) is 4.57 Å². The van der Waals surface area contributed by atoms with Crippen LogP contribution in [0.2, 0.25) is 0 Å². The van der Waals surface area contributed by atoms with Gasteiger partial charge in [-0.1, -0.05) is 109 Å². The average molecular weight is 426 g/mol. The molecule has 0 spiro atoms. The third-order valence-corrected chi connectivity index (χ3v) is 5.35. The zero-order valence-electron chi connectivity index (χ0n) is 18.8. The van der Waals surface area contributed by atoms with E-state index in [0.29, 0.717) is 13.2 Å². The van der Waals surface area contributed by atoms with Crippen molar-refractivity contribution < 1.29 is 26.5 Å². The normalized spacial score (nSPS) is 10.5. The Morgan fingerprint density at radius 3 is 1.52 bits per heavy atom. The summed E-state index contributed by atoms with van der Waals surface area (Å²) in [5, 5.41) is 0. The molecule has 0 N–H and O–H groups in total. The van der Waals surface area contributed by atoms with E-state index < -0.39 is 0 Å². The maximum absolute atomic E-state index is 11.7. The highest BCUT2D eigenvalue weighted by molar-refractivity contribution is 5.67. The molecule has 1 aromatic heterocycles. The first-order valence-corrected chi connectivity index (χ1v) is 11.9. The summed E-state index contributed by atoms with van der Waals surface area (Å²) in [5.74, 6) is -0.142. The summed E-state index contributed by atoms with van der Waals surface area (Å²) in [6.45, 7) is 3.15. The van der Waals surface area contributed by atoms with Gasteiger partial charge in [0.15, 0.2) is 12.4 Å².